The third-order valence-corrected chi connectivity index (χ3v) is 5.05. The van der Waals surface area contributed by atoms with E-state index >= 15 is 0 Å². The van der Waals surface area contributed by atoms with Gasteiger partial charge in [0.15, 0.2) is 6.61 Å². The van der Waals surface area contributed by atoms with E-state index in [9.17, 15) is 9.59 Å². The van der Waals surface area contributed by atoms with Crippen molar-refractivity contribution in [3.8, 4) is 0 Å². The van der Waals surface area contributed by atoms with Crippen molar-refractivity contribution in [1.29, 1.82) is 0 Å². The molecule has 0 aliphatic heterocycles. The maximum Gasteiger partial charge on any atom is 0.342 e. The zero-order valence-corrected chi connectivity index (χ0v) is 16.2. The zero-order chi connectivity index (χ0) is 19.4. The number of aromatic nitrogens is 2. The van der Waals surface area contributed by atoms with Crippen molar-refractivity contribution in [2.24, 2.45) is 0 Å². The third kappa shape index (κ3) is 4.56. The maximum absolute atomic E-state index is 12.2. The summed E-state index contributed by atoms with van der Waals surface area (Å²) in [4.78, 5) is 24.4. The lowest BCUT2D eigenvalue weighted by Gasteiger charge is -2.20. The standard InChI is InChI=1S/C21H27N3O3/c1-13(2)20-18(11-22-24-20)21(26)27-12-19(25)23-14(3)16-9-8-15-6-4-5-7-17(15)10-16/h8-11,13-14H,4-7,12H2,1-3H3,(H,22,24)(H,23,25). The van der Waals surface area contributed by atoms with E-state index in [1.165, 1.54) is 30.2 Å². The van der Waals surface area contributed by atoms with E-state index in [4.69, 9.17) is 4.74 Å². The zero-order valence-electron chi connectivity index (χ0n) is 16.2. The van der Waals surface area contributed by atoms with E-state index in [-0.39, 0.29) is 24.5 Å². The number of benzene rings is 1. The number of aromatic amines is 1. The number of aryl methyl sites for hydroxylation is 2. The Bertz CT molecular complexity index is 826. The van der Waals surface area contributed by atoms with Crippen molar-refractivity contribution in [3.63, 3.8) is 0 Å². The highest BCUT2D eigenvalue weighted by Gasteiger charge is 2.19. The maximum atomic E-state index is 12.2. The second-order valence-corrected chi connectivity index (χ2v) is 7.45. The normalized spacial score (nSPS) is 14.5. The first kappa shape index (κ1) is 19.1. The Labute approximate surface area is 159 Å². The summed E-state index contributed by atoms with van der Waals surface area (Å²) >= 11 is 0. The Morgan fingerprint density at radius 2 is 1.93 bits per heavy atom. The first-order valence-corrected chi connectivity index (χ1v) is 9.57. The van der Waals surface area contributed by atoms with Crippen LogP contribution in [0.4, 0.5) is 0 Å². The third-order valence-electron chi connectivity index (χ3n) is 5.05. The summed E-state index contributed by atoms with van der Waals surface area (Å²) in [5.41, 5.74) is 4.96. The van der Waals surface area contributed by atoms with Crippen LogP contribution in [0.3, 0.4) is 0 Å². The molecule has 0 saturated heterocycles. The molecule has 0 bridgehead atoms. The van der Waals surface area contributed by atoms with Crippen LogP contribution in [-0.4, -0.2) is 28.7 Å². The first-order chi connectivity index (χ1) is 13.0. The molecule has 6 nitrogen and oxygen atoms in total. The molecule has 0 saturated carbocycles. The second-order valence-electron chi connectivity index (χ2n) is 7.45. The predicted molar refractivity (Wildman–Crippen MR) is 103 cm³/mol. The summed E-state index contributed by atoms with van der Waals surface area (Å²) in [5, 5.41) is 9.59. The number of ether oxygens (including phenoxy) is 1. The summed E-state index contributed by atoms with van der Waals surface area (Å²) in [6.07, 6.45) is 6.15. The van der Waals surface area contributed by atoms with Gasteiger partial charge in [-0.05, 0) is 55.2 Å². The molecule has 1 aromatic heterocycles. The summed E-state index contributed by atoms with van der Waals surface area (Å²) in [6.45, 7) is 5.54. The van der Waals surface area contributed by atoms with Crippen molar-refractivity contribution in [2.75, 3.05) is 6.61 Å². The molecular formula is C21H27N3O3. The van der Waals surface area contributed by atoms with Gasteiger partial charge in [0.2, 0.25) is 0 Å². The molecule has 144 valence electrons. The molecule has 0 spiro atoms. The molecule has 1 unspecified atom stereocenters. The number of hydrogen-bond acceptors (Lipinski definition) is 4. The van der Waals surface area contributed by atoms with Crippen LogP contribution in [0.15, 0.2) is 24.4 Å². The van der Waals surface area contributed by atoms with Crippen LogP contribution in [0.25, 0.3) is 0 Å². The lowest BCUT2D eigenvalue weighted by molar-refractivity contribution is -0.124. The molecule has 3 rings (SSSR count). The van der Waals surface area contributed by atoms with Crippen molar-refractivity contribution < 1.29 is 14.3 Å². The summed E-state index contributed by atoms with van der Waals surface area (Å²) in [5.74, 6) is -0.736. The Kier molecular flexibility index (Phi) is 5.94. The Hall–Kier alpha value is -2.63. The van der Waals surface area contributed by atoms with Gasteiger partial charge in [-0.1, -0.05) is 32.0 Å². The number of hydrogen-bond donors (Lipinski definition) is 2. The van der Waals surface area contributed by atoms with Gasteiger partial charge >= 0.3 is 5.97 Å². The molecule has 2 N–H and O–H groups in total. The van der Waals surface area contributed by atoms with Gasteiger partial charge in [-0.15, -0.1) is 0 Å². The number of esters is 1. The SMILES string of the molecule is CC(C)c1[nH]ncc1C(=O)OCC(=O)NC(C)c1ccc2c(c1)CCCC2. The largest absolute Gasteiger partial charge is 0.452 e. The number of carbonyl (C=O) groups excluding carboxylic acids is 2. The molecule has 0 radical (unpaired) electrons. The topological polar surface area (TPSA) is 84.1 Å². The average Bonchev–Trinajstić information content (AvgIpc) is 3.16. The number of amides is 1. The van der Waals surface area contributed by atoms with Gasteiger partial charge in [0, 0.05) is 0 Å². The molecule has 1 atom stereocenters. The van der Waals surface area contributed by atoms with Gasteiger partial charge in [-0.2, -0.15) is 5.10 Å². The highest BCUT2D eigenvalue weighted by molar-refractivity contribution is 5.92. The van der Waals surface area contributed by atoms with E-state index in [1.807, 2.05) is 20.8 Å². The number of nitrogens with one attached hydrogen (secondary N) is 2. The second kappa shape index (κ2) is 8.37. The van der Waals surface area contributed by atoms with Gasteiger partial charge in [0.05, 0.1) is 17.9 Å². The van der Waals surface area contributed by atoms with E-state index in [0.717, 1.165) is 18.4 Å². The Morgan fingerprint density at radius 1 is 1.19 bits per heavy atom. The molecule has 0 fully saturated rings. The summed E-state index contributed by atoms with van der Waals surface area (Å²) in [6, 6.07) is 6.29. The van der Waals surface area contributed by atoms with Crippen LogP contribution in [0.1, 0.15) is 78.3 Å². The minimum Gasteiger partial charge on any atom is -0.452 e. The molecule has 1 amide bonds. The van der Waals surface area contributed by atoms with Crippen molar-refractivity contribution in [2.45, 2.75) is 58.4 Å². The van der Waals surface area contributed by atoms with Crippen molar-refractivity contribution >= 4 is 11.9 Å². The van der Waals surface area contributed by atoms with Crippen LogP contribution in [0.2, 0.25) is 0 Å². The molecule has 1 aromatic carbocycles. The Morgan fingerprint density at radius 3 is 2.67 bits per heavy atom. The fourth-order valence-corrected chi connectivity index (χ4v) is 3.50. The van der Waals surface area contributed by atoms with Gasteiger partial charge in [-0.3, -0.25) is 9.89 Å². The fraction of sp³-hybridized carbons (Fsp3) is 0.476. The average molecular weight is 369 g/mol. The molecule has 1 aliphatic carbocycles. The van der Waals surface area contributed by atoms with Gasteiger partial charge < -0.3 is 10.1 Å². The minimum absolute atomic E-state index is 0.118. The minimum atomic E-state index is -0.538. The first-order valence-electron chi connectivity index (χ1n) is 9.57. The molecule has 1 heterocycles. The summed E-state index contributed by atoms with van der Waals surface area (Å²) in [7, 11) is 0. The monoisotopic (exact) mass is 369 g/mol. The highest BCUT2D eigenvalue weighted by Crippen LogP contribution is 2.24. The molecule has 1 aliphatic rings. The van der Waals surface area contributed by atoms with Gasteiger partial charge in [0.25, 0.3) is 5.91 Å². The van der Waals surface area contributed by atoms with Gasteiger partial charge in [-0.25, -0.2) is 4.79 Å². The van der Waals surface area contributed by atoms with Crippen LogP contribution < -0.4 is 5.32 Å². The number of fused-ring (bicyclic) bond motifs is 1. The molecule has 2 aromatic rings. The number of carbonyl (C=O) groups is 2. The predicted octanol–water partition coefficient (Wildman–Crippen LogP) is 3.45. The van der Waals surface area contributed by atoms with Crippen LogP contribution in [0.5, 0.6) is 0 Å². The van der Waals surface area contributed by atoms with Gasteiger partial charge in [0.1, 0.15) is 5.56 Å². The van der Waals surface area contributed by atoms with E-state index in [1.54, 1.807) is 0 Å². The molecule has 27 heavy (non-hydrogen) atoms. The number of H-pyrrole nitrogens is 1. The van der Waals surface area contributed by atoms with Crippen molar-refractivity contribution in [1.82, 2.24) is 15.5 Å². The number of rotatable bonds is 6. The van der Waals surface area contributed by atoms with E-state index in [0.29, 0.717) is 11.3 Å². The number of nitrogens with zero attached hydrogens (tertiary/aromatic N) is 1. The Balaban J connectivity index is 1.54. The molecule has 6 heteroatoms. The summed E-state index contributed by atoms with van der Waals surface area (Å²) < 4.78 is 5.16. The smallest absolute Gasteiger partial charge is 0.342 e. The lowest BCUT2D eigenvalue weighted by Crippen LogP contribution is -2.31. The fourth-order valence-electron chi connectivity index (χ4n) is 3.50. The quantitative estimate of drug-likeness (QED) is 0.764. The van der Waals surface area contributed by atoms with Crippen molar-refractivity contribution in [3.05, 3.63) is 52.3 Å². The van der Waals surface area contributed by atoms with Crippen LogP contribution in [0, 0.1) is 0 Å². The van der Waals surface area contributed by atoms with E-state index < -0.39 is 5.97 Å². The lowest BCUT2D eigenvalue weighted by atomic mass is 9.89. The van der Waals surface area contributed by atoms with E-state index in [2.05, 4.69) is 33.7 Å². The van der Waals surface area contributed by atoms with Crippen LogP contribution >= 0.6 is 0 Å². The highest BCUT2D eigenvalue weighted by atomic mass is 16.5. The molecular weight excluding hydrogens is 342 g/mol. The van der Waals surface area contributed by atoms with Crippen LogP contribution in [-0.2, 0) is 22.4 Å².